The highest BCUT2D eigenvalue weighted by Gasteiger charge is 2.52. The first-order valence-corrected chi connectivity index (χ1v) is 14.0. The van der Waals surface area contributed by atoms with Crippen LogP contribution in [0.15, 0.2) is 17.5 Å². The Labute approximate surface area is 219 Å². The topological polar surface area (TPSA) is 100 Å². The molecule has 0 radical (unpaired) electrons. The van der Waals surface area contributed by atoms with E-state index in [2.05, 4.69) is 18.5 Å². The van der Waals surface area contributed by atoms with Gasteiger partial charge in [-0.25, -0.2) is 4.98 Å². The molecule has 0 aromatic carbocycles. The largest absolute Gasteiger partial charge is 0.392 e. The van der Waals surface area contributed by atoms with Crippen molar-refractivity contribution in [3.05, 3.63) is 28.2 Å². The normalized spacial score (nSPS) is 36.8. The summed E-state index contributed by atoms with van der Waals surface area (Å²) in [5.74, 6) is -1.01. The first-order chi connectivity index (χ1) is 16.8. The Hall–Kier alpha value is -1.67. The van der Waals surface area contributed by atoms with Gasteiger partial charge in [-0.2, -0.15) is 0 Å². The van der Waals surface area contributed by atoms with Gasteiger partial charge >= 0.3 is 0 Å². The van der Waals surface area contributed by atoms with Gasteiger partial charge in [0.15, 0.2) is 0 Å². The Morgan fingerprint density at radius 2 is 1.92 bits per heavy atom. The van der Waals surface area contributed by atoms with Crippen molar-refractivity contribution in [2.24, 2.45) is 23.2 Å². The number of hydrogen-bond donors (Lipinski definition) is 2. The number of aliphatic hydroxyl groups excluding tert-OH is 2. The molecule has 6 nitrogen and oxygen atoms in total. The fourth-order valence-electron chi connectivity index (χ4n) is 5.48. The minimum Gasteiger partial charge on any atom is -0.392 e. The molecule has 0 spiro atoms. The van der Waals surface area contributed by atoms with E-state index in [0.717, 1.165) is 42.0 Å². The molecule has 7 atom stereocenters. The quantitative estimate of drug-likeness (QED) is 0.515. The molecule has 1 aliphatic carbocycles. The van der Waals surface area contributed by atoms with E-state index in [1.54, 1.807) is 26.8 Å². The van der Waals surface area contributed by atoms with E-state index in [4.69, 9.17) is 4.74 Å². The average Bonchev–Trinajstić information content (AvgIpc) is 3.23. The highest BCUT2D eigenvalue weighted by Crippen LogP contribution is 2.46. The SMILES string of the molecule is C=Cc1nc(C=C(C)[C@H]2CC(=O)CC(O)C(C)(C)C(=O)C(C)[C@@H](O)C(C)CCC[C@@]3(C)O[C@H]3C2)cs1. The zero-order valence-electron chi connectivity index (χ0n) is 22.6. The molecule has 3 unspecified atom stereocenters. The molecule has 2 aliphatic rings. The Morgan fingerprint density at radius 1 is 1.22 bits per heavy atom. The lowest BCUT2D eigenvalue weighted by Crippen LogP contribution is -2.45. The summed E-state index contributed by atoms with van der Waals surface area (Å²) in [4.78, 5) is 31.0. The number of fused-ring (bicyclic) bond motifs is 1. The fraction of sp³-hybridized carbons (Fsp3) is 0.690. The highest BCUT2D eigenvalue weighted by molar-refractivity contribution is 7.10. The summed E-state index contributed by atoms with van der Waals surface area (Å²) in [6.45, 7) is 15.0. The summed E-state index contributed by atoms with van der Waals surface area (Å²) in [6.07, 6.45) is 5.36. The molecule has 2 fully saturated rings. The molecule has 1 saturated heterocycles. The smallest absolute Gasteiger partial charge is 0.146 e. The molecular weight excluding hydrogens is 474 g/mol. The van der Waals surface area contributed by atoms with E-state index >= 15 is 0 Å². The van der Waals surface area contributed by atoms with Gasteiger partial charge in [-0.15, -0.1) is 11.3 Å². The number of carbonyl (C=O) groups is 2. The first kappa shape index (κ1) is 28.9. The van der Waals surface area contributed by atoms with Crippen molar-refractivity contribution in [2.45, 2.75) is 104 Å². The maximum atomic E-state index is 13.3. The van der Waals surface area contributed by atoms with Crippen LogP contribution in [0.1, 0.15) is 90.8 Å². The molecule has 1 aromatic heterocycles. The van der Waals surface area contributed by atoms with Gasteiger partial charge in [0.1, 0.15) is 16.6 Å². The lowest BCUT2D eigenvalue weighted by Gasteiger charge is -2.34. The second kappa shape index (κ2) is 11.4. The summed E-state index contributed by atoms with van der Waals surface area (Å²) in [6, 6.07) is 0. The van der Waals surface area contributed by atoms with E-state index in [1.807, 2.05) is 25.3 Å². The predicted octanol–water partition coefficient (Wildman–Crippen LogP) is 5.48. The second-order valence-electron chi connectivity index (χ2n) is 11.8. The number of Topliss-reactive ketones (excluding diaryl/α,β-unsaturated/α-hetero) is 2. The van der Waals surface area contributed by atoms with Crippen molar-refractivity contribution in [2.75, 3.05) is 0 Å². The summed E-state index contributed by atoms with van der Waals surface area (Å²) in [5.41, 5.74) is 0.536. The lowest BCUT2D eigenvalue weighted by atomic mass is 9.72. The summed E-state index contributed by atoms with van der Waals surface area (Å²) >= 11 is 1.53. The fourth-order valence-corrected chi connectivity index (χ4v) is 6.10. The zero-order valence-corrected chi connectivity index (χ0v) is 23.4. The van der Waals surface area contributed by atoms with Gasteiger partial charge in [0, 0.05) is 24.1 Å². The number of thiazole rings is 1. The molecule has 1 aliphatic heterocycles. The van der Waals surface area contributed by atoms with Crippen LogP contribution < -0.4 is 0 Å². The molecule has 200 valence electrons. The van der Waals surface area contributed by atoms with Gasteiger partial charge in [-0.05, 0) is 57.1 Å². The Balaban J connectivity index is 1.86. The van der Waals surface area contributed by atoms with Crippen LogP contribution in [0.3, 0.4) is 0 Å². The third kappa shape index (κ3) is 6.60. The molecule has 0 amide bonds. The van der Waals surface area contributed by atoms with Gasteiger partial charge < -0.3 is 14.9 Å². The van der Waals surface area contributed by atoms with Gasteiger partial charge in [0.2, 0.25) is 0 Å². The van der Waals surface area contributed by atoms with Gasteiger partial charge in [-0.3, -0.25) is 9.59 Å². The third-order valence-electron chi connectivity index (χ3n) is 8.47. The number of aliphatic hydroxyl groups is 2. The van der Waals surface area contributed by atoms with Crippen molar-refractivity contribution in [3.8, 4) is 0 Å². The molecule has 2 heterocycles. The number of carbonyl (C=O) groups excluding carboxylic acids is 2. The number of hydrogen-bond acceptors (Lipinski definition) is 7. The molecule has 2 N–H and O–H groups in total. The van der Waals surface area contributed by atoms with E-state index in [9.17, 15) is 19.8 Å². The van der Waals surface area contributed by atoms with E-state index < -0.39 is 23.5 Å². The van der Waals surface area contributed by atoms with Crippen LogP contribution in [-0.2, 0) is 14.3 Å². The summed E-state index contributed by atoms with van der Waals surface area (Å²) < 4.78 is 6.14. The Morgan fingerprint density at radius 3 is 2.56 bits per heavy atom. The number of nitrogens with zero attached hydrogens (tertiary/aromatic N) is 1. The summed E-state index contributed by atoms with van der Waals surface area (Å²) in [5, 5.41) is 24.7. The van der Waals surface area contributed by atoms with Crippen LogP contribution >= 0.6 is 11.3 Å². The number of epoxide rings is 1. The van der Waals surface area contributed by atoms with Crippen molar-refractivity contribution in [1.29, 1.82) is 0 Å². The Bertz CT molecular complexity index is 998. The second-order valence-corrected chi connectivity index (χ2v) is 12.6. The van der Waals surface area contributed by atoms with E-state index in [-0.39, 0.29) is 47.9 Å². The van der Waals surface area contributed by atoms with Crippen molar-refractivity contribution < 1.29 is 24.5 Å². The van der Waals surface area contributed by atoms with Gasteiger partial charge in [0.25, 0.3) is 0 Å². The van der Waals surface area contributed by atoms with Crippen LogP contribution in [0.5, 0.6) is 0 Å². The van der Waals surface area contributed by atoms with Crippen LogP contribution in [0, 0.1) is 23.2 Å². The molecule has 7 heteroatoms. The van der Waals surface area contributed by atoms with E-state index in [1.165, 1.54) is 11.3 Å². The van der Waals surface area contributed by atoms with Crippen molar-refractivity contribution in [1.82, 2.24) is 4.98 Å². The number of ether oxygens (including phenoxy) is 1. The van der Waals surface area contributed by atoms with E-state index in [0.29, 0.717) is 0 Å². The van der Waals surface area contributed by atoms with Crippen LogP contribution in [0.4, 0.5) is 0 Å². The van der Waals surface area contributed by atoms with Crippen LogP contribution in [0.2, 0.25) is 0 Å². The molecule has 1 saturated carbocycles. The van der Waals surface area contributed by atoms with Gasteiger partial charge in [-0.1, -0.05) is 46.3 Å². The number of aromatic nitrogens is 1. The highest BCUT2D eigenvalue weighted by atomic mass is 32.1. The first-order valence-electron chi connectivity index (χ1n) is 13.1. The number of ketones is 2. The molecule has 3 rings (SSSR count). The zero-order chi connectivity index (χ0) is 26.8. The minimum atomic E-state index is -1.13. The molecule has 1 aromatic rings. The lowest BCUT2D eigenvalue weighted by molar-refractivity contribution is -0.143. The van der Waals surface area contributed by atoms with Crippen molar-refractivity contribution >= 4 is 35.1 Å². The van der Waals surface area contributed by atoms with Crippen LogP contribution in [0.25, 0.3) is 12.2 Å². The number of rotatable bonds is 3. The van der Waals surface area contributed by atoms with Gasteiger partial charge in [0.05, 0.1) is 35.0 Å². The maximum absolute atomic E-state index is 13.3. The third-order valence-corrected chi connectivity index (χ3v) is 9.33. The van der Waals surface area contributed by atoms with Crippen LogP contribution in [-0.4, -0.2) is 50.7 Å². The van der Waals surface area contributed by atoms with Crippen molar-refractivity contribution in [3.63, 3.8) is 0 Å². The summed E-state index contributed by atoms with van der Waals surface area (Å²) in [7, 11) is 0. The standard InChI is InChI=1S/C29H43NO5S/c1-8-25-30-21(16-36-25)12-18(3)20-13-22(31)15-23(32)28(5,6)27(34)19(4)26(33)17(2)10-9-11-29(7)24(14-20)35-29/h8,12,16-17,19-20,23-24,26,32-33H,1,9-11,13-15H2,2-7H3/t17?,19?,20-,23?,24-,26-,29+/m0/s1. The molecule has 0 bridgehead atoms. The predicted molar refractivity (Wildman–Crippen MR) is 144 cm³/mol. The average molecular weight is 518 g/mol. The molecule has 36 heavy (non-hydrogen) atoms. The minimum absolute atomic E-state index is 0.0446. The maximum Gasteiger partial charge on any atom is 0.146 e. The number of allylic oxidation sites excluding steroid dienone is 1. The Kier molecular flexibility index (Phi) is 9.13. The monoisotopic (exact) mass is 517 g/mol. The molecular formula is C29H43NO5S.